The molecule has 1 fully saturated rings. The maximum Gasteiger partial charge on any atom is 0.261 e. The lowest BCUT2D eigenvalue weighted by Crippen LogP contribution is -2.44. The fourth-order valence-corrected chi connectivity index (χ4v) is 7.40. The van der Waals surface area contributed by atoms with Gasteiger partial charge < -0.3 is 5.32 Å². The molecule has 0 saturated carbocycles. The highest BCUT2D eigenvalue weighted by Gasteiger charge is 2.32. The van der Waals surface area contributed by atoms with Crippen LogP contribution < -0.4 is 10.0 Å². The molecule has 208 valence electrons. The fraction of sp³-hybridized carbons (Fsp3) is 0.321. The van der Waals surface area contributed by atoms with Crippen molar-refractivity contribution in [3.8, 4) is 0 Å². The third-order valence-corrected chi connectivity index (χ3v) is 10.5. The van der Waals surface area contributed by atoms with Gasteiger partial charge in [0.1, 0.15) is 0 Å². The first-order valence-corrected chi connectivity index (χ1v) is 16.2. The molecular weight excluding hydrogens is 558 g/mol. The molecule has 1 saturated heterocycles. The molecule has 0 spiro atoms. The van der Waals surface area contributed by atoms with Crippen LogP contribution in [0.15, 0.2) is 77.7 Å². The van der Waals surface area contributed by atoms with Crippen molar-refractivity contribution in [2.45, 2.75) is 37.5 Å². The number of sulfonamides is 2. The van der Waals surface area contributed by atoms with Crippen molar-refractivity contribution in [3.63, 3.8) is 0 Å². The Balaban J connectivity index is 1.33. The quantitative estimate of drug-likeness (QED) is 0.343. The van der Waals surface area contributed by atoms with Gasteiger partial charge >= 0.3 is 0 Å². The van der Waals surface area contributed by atoms with Crippen LogP contribution >= 0.6 is 11.6 Å². The first-order chi connectivity index (χ1) is 18.5. The molecule has 4 rings (SSSR count). The van der Waals surface area contributed by atoms with E-state index in [9.17, 15) is 21.6 Å². The van der Waals surface area contributed by atoms with E-state index >= 15 is 0 Å². The highest BCUT2D eigenvalue weighted by atomic mass is 35.5. The number of anilines is 2. The largest absolute Gasteiger partial charge is 0.326 e. The Morgan fingerprint density at radius 1 is 0.974 bits per heavy atom. The number of benzene rings is 3. The molecule has 1 atom stereocenters. The molecule has 0 aliphatic carbocycles. The van der Waals surface area contributed by atoms with Gasteiger partial charge in [-0.05, 0) is 80.1 Å². The highest BCUT2D eigenvalue weighted by molar-refractivity contribution is 7.92. The number of hydrogen-bond donors (Lipinski definition) is 2. The van der Waals surface area contributed by atoms with Crippen molar-refractivity contribution in [1.82, 2.24) is 4.31 Å². The van der Waals surface area contributed by atoms with Crippen LogP contribution in [0.4, 0.5) is 11.4 Å². The Hall–Kier alpha value is -2.92. The summed E-state index contributed by atoms with van der Waals surface area (Å²) < 4.78 is 55.5. The number of amides is 1. The van der Waals surface area contributed by atoms with E-state index in [-0.39, 0.29) is 23.1 Å². The summed E-state index contributed by atoms with van der Waals surface area (Å²) >= 11 is 6.09. The van der Waals surface area contributed by atoms with E-state index in [2.05, 4.69) is 10.0 Å². The van der Waals surface area contributed by atoms with Crippen LogP contribution in [0.2, 0.25) is 5.02 Å². The topological polar surface area (TPSA) is 113 Å². The Morgan fingerprint density at radius 2 is 1.69 bits per heavy atom. The number of nitrogens with one attached hydrogen (secondary N) is 2. The molecule has 0 aromatic heterocycles. The molecule has 0 bridgehead atoms. The second-order valence-electron chi connectivity index (χ2n) is 9.63. The number of rotatable bonds is 10. The Labute approximate surface area is 235 Å². The van der Waals surface area contributed by atoms with Gasteiger partial charge in [0.05, 0.1) is 22.3 Å². The Bertz CT molecular complexity index is 1510. The molecule has 8 nitrogen and oxygen atoms in total. The number of aryl methyl sites for hydroxylation is 1. The summed E-state index contributed by atoms with van der Waals surface area (Å²) in [4.78, 5) is 13.0. The van der Waals surface area contributed by atoms with Crippen LogP contribution in [0.1, 0.15) is 30.4 Å². The average molecular weight is 590 g/mol. The summed E-state index contributed by atoms with van der Waals surface area (Å²) in [5.74, 6) is -0.740. The lowest BCUT2D eigenvalue weighted by atomic mass is 9.99. The third-order valence-electron chi connectivity index (χ3n) is 6.80. The van der Waals surface area contributed by atoms with Crippen LogP contribution in [-0.2, 0) is 31.3 Å². The van der Waals surface area contributed by atoms with Gasteiger partial charge in [0, 0.05) is 23.8 Å². The smallest absolute Gasteiger partial charge is 0.261 e. The van der Waals surface area contributed by atoms with Crippen molar-refractivity contribution in [3.05, 3.63) is 88.9 Å². The van der Waals surface area contributed by atoms with Crippen molar-refractivity contribution < 1.29 is 21.6 Å². The normalized spacial score (nSPS) is 16.5. The molecule has 1 aliphatic rings. The summed E-state index contributed by atoms with van der Waals surface area (Å²) in [6.45, 7) is 2.26. The standard InChI is InChI=1S/C28H32ClN3O5S2/c1-21-26(29)12-5-13-27(21)31-39(36,37)25-16-14-24(15-17-25)30-28(33)23-11-6-18-32(20-23)38(34,35)19-7-10-22-8-3-2-4-9-22/h2-5,8-9,12-17,23,31H,6-7,10-11,18-20H2,1H3,(H,30,33)/t23-/m1/s1. The van der Waals surface area contributed by atoms with E-state index in [1.54, 1.807) is 25.1 Å². The van der Waals surface area contributed by atoms with E-state index < -0.39 is 26.0 Å². The molecule has 1 heterocycles. The molecule has 2 N–H and O–H groups in total. The van der Waals surface area contributed by atoms with Crippen LogP contribution in [0.3, 0.4) is 0 Å². The molecule has 39 heavy (non-hydrogen) atoms. The highest BCUT2D eigenvalue weighted by Crippen LogP contribution is 2.26. The lowest BCUT2D eigenvalue weighted by molar-refractivity contribution is -0.120. The van der Waals surface area contributed by atoms with E-state index in [4.69, 9.17) is 11.6 Å². The molecular formula is C28H32ClN3O5S2. The monoisotopic (exact) mass is 589 g/mol. The minimum Gasteiger partial charge on any atom is -0.326 e. The zero-order chi connectivity index (χ0) is 28.0. The van der Waals surface area contributed by atoms with Gasteiger partial charge in [0.15, 0.2) is 0 Å². The zero-order valence-corrected chi connectivity index (χ0v) is 24.0. The van der Waals surface area contributed by atoms with Crippen molar-refractivity contribution in [2.24, 2.45) is 5.92 Å². The number of piperidine rings is 1. The molecule has 0 unspecified atom stereocenters. The van der Waals surface area contributed by atoms with Crippen molar-refractivity contribution in [2.75, 3.05) is 28.9 Å². The summed E-state index contributed by atoms with van der Waals surface area (Å²) in [6.07, 6.45) is 2.37. The minimum atomic E-state index is -3.86. The predicted molar refractivity (Wildman–Crippen MR) is 155 cm³/mol. The van der Waals surface area contributed by atoms with Crippen LogP contribution in [0.5, 0.6) is 0 Å². The SMILES string of the molecule is Cc1c(Cl)cccc1NS(=O)(=O)c1ccc(NC(=O)[C@@H]2CCCN(S(=O)(=O)CCCc3ccccc3)C2)cc1. The minimum absolute atomic E-state index is 0.0327. The molecule has 1 amide bonds. The van der Waals surface area contributed by atoms with Crippen LogP contribution in [0.25, 0.3) is 0 Å². The molecule has 0 radical (unpaired) electrons. The first-order valence-electron chi connectivity index (χ1n) is 12.8. The number of nitrogens with zero attached hydrogens (tertiary/aromatic N) is 1. The summed E-state index contributed by atoms with van der Waals surface area (Å²) in [5, 5.41) is 3.25. The number of hydrogen-bond acceptors (Lipinski definition) is 5. The second kappa shape index (κ2) is 12.5. The summed E-state index contributed by atoms with van der Waals surface area (Å²) in [6, 6.07) is 20.6. The molecule has 1 aliphatic heterocycles. The van der Waals surface area contributed by atoms with Crippen molar-refractivity contribution >= 4 is 48.9 Å². The van der Waals surface area contributed by atoms with E-state index in [1.165, 1.54) is 28.6 Å². The second-order valence-corrected chi connectivity index (χ2v) is 13.8. The van der Waals surface area contributed by atoms with Crippen LogP contribution in [-0.4, -0.2) is 45.9 Å². The van der Waals surface area contributed by atoms with E-state index in [0.717, 1.165) is 5.56 Å². The van der Waals surface area contributed by atoms with Gasteiger partial charge in [-0.15, -0.1) is 0 Å². The maximum atomic E-state index is 13.0. The average Bonchev–Trinajstić information content (AvgIpc) is 2.92. The van der Waals surface area contributed by atoms with Crippen LogP contribution in [0, 0.1) is 12.8 Å². The lowest BCUT2D eigenvalue weighted by Gasteiger charge is -2.31. The maximum absolute atomic E-state index is 13.0. The first kappa shape index (κ1) is 29.1. The summed E-state index contributed by atoms with van der Waals surface area (Å²) in [7, 11) is -7.34. The predicted octanol–water partition coefficient (Wildman–Crippen LogP) is 5.06. The number of carbonyl (C=O) groups excluding carboxylic acids is 1. The Morgan fingerprint density at radius 3 is 2.41 bits per heavy atom. The van der Waals surface area contributed by atoms with Gasteiger partial charge in [0.25, 0.3) is 10.0 Å². The number of halogens is 1. The van der Waals surface area contributed by atoms with Gasteiger partial charge in [0.2, 0.25) is 15.9 Å². The third kappa shape index (κ3) is 7.60. The van der Waals surface area contributed by atoms with Crippen molar-refractivity contribution in [1.29, 1.82) is 0 Å². The van der Waals surface area contributed by atoms with E-state index in [0.29, 0.717) is 54.2 Å². The van der Waals surface area contributed by atoms with Gasteiger partial charge in [-0.1, -0.05) is 48.0 Å². The Kier molecular flexibility index (Phi) is 9.32. The zero-order valence-electron chi connectivity index (χ0n) is 21.6. The van der Waals surface area contributed by atoms with Gasteiger partial charge in [-0.25, -0.2) is 21.1 Å². The fourth-order valence-electron chi connectivity index (χ4n) is 4.53. The number of carbonyl (C=O) groups is 1. The molecule has 11 heteroatoms. The van der Waals surface area contributed by atoms with Gasteiger partial charge in [-0.2, -0.15) is 0 Å². The molecule has 3 aromatic carbocycles. The summed E-state index contributed by atoms with van der Waals surface area (Å²) in [5.41, 5.74) is 2.53. The van der Waals surface area contributed by atoms with Gasteiger partial charge in [-0.3, -0.25) is 9.52 Å². The molecule has 3 aromatic rings. The van der Waals surface area contributed by atoms with E-state index in [1.807, 2.05) is 30.3 Å².